The van der Waals surface area contributed by atoms with Gasteiger partial charge in [-0.1, -0.05) is 38.1 Å². The summed E-state index contributed by atoms with van der Waals surface area (Å²) in [6.07, 6.45) is -0.0424. The van der Waals surface area contributed by atoms with Crippen molar-refractivity contribution in [3.05, 3.63) is 71.8 Å². The molecule has 3 aromatic carbocycles. The normalized spacial score (nSPS) is 12.3. The first-order valence-electron chi connectivity index (χ1n) is 16.0. The van der Waals surface area contributed by atoms with Gasteiger partial charge in [0, 0.05) is 29.8 Å². The first-order valence-corrected chi connectivity index (χ1v) is 16.0. The second-order valence-corrected chi connectivity index (χ2v) is 12.8. The SMILES string of the molecule is COc1cc(NC(=O)Nc2ccccc2C)ccc1NC(C)(C)C(=O)CC(CC(C)C)C(=O)N[C@@H](CC(=O)O)c1ccc(OC)c(OC)c1. The molecule has 49 heavy (non-hydrogen) atoms. The van der Waals surface area contributed by atoms with Crippen molar-refractivity contribution in [2.75, 3.05) is 37.3 Å². The molecule has 12 nitrogen and oxygen atoms in total. The molecule has 0 radical (unpaired) electrons. The quantitative estimate of drug-likeness (QED) is 0.103. The highest BCUT2D eigenvalue weighted by Gasteiger charge is 2.34. The van der Waals surface area contributed by atoms with Crippen LogP contribution in [0.5, 0.6) is 17.2 Å². The van der Waals surface area contributed by atoms with E-state index in [1.165, 1.54) is 21.3 Å². The van der Waals surface area contributed by atoms with Gasteiger partial charge in [-0.25, -0.2) is 4.79 Å². The molecule has 264 valence electrons. The van der Waals surface area contributed by atoms with Gasteiger partial charge in [-0.05, 0) is 74.6 Å². The molecule has 2 atom stereocenters. The van der Waals surface area contributed by atoms with Crippen LogP contribution in [0.15, 0.2) is 60.7 Å². The van der Waals surface area contributed by atoms with Crippen LogP contribution in [-0.2, 0) is 14.4 Å². The van der Waals surface area contributed by atoms with Gasteiger partial charge in [-0.3, -0.25) is 14.4 Å². The molecule has 3 rings (SSSR count). The van der Waals surface area contributed by atoms with E-state index in [2.05, 4.69) is 21.3 Å². The lowest BCUT2D eigenvalue weighted by molar-refractivity contribution is -0.138. The number of urea groups is 1. The molecule has 0 aliphatic rings. The van der Waals surface area contributed by atoms with Gasteiger partial charge in [-0.15, -0.1) is 0 Å². The summed E-state index contributed by atoms with van der Waals surface area (Å²) in [7, 11) is 4.45. The van der Waals surface area contributed by atoms with Crippen LogP contribution < -0.4 is 35.5 Å². The number of ketones is 1. The van der Waals surface area contributed by atoms with Crippen LogP contribution in [0.2, 0.25) is 0 Å². The number of Topliss-reactive ketones (excluding diaryl/α,β-unsaturated/α-hetero) is 1. The molecule has 1 unspecified atom stereocenters. The van der Waals surface area contributed by atoms with Crippen LogP contribution >= 0.6 is 0 Å². The number of carbonyl (C=O) groups excluding carboxylic acids is 3. The molecule has 0 aliphatic heterocycles. The Morgan fingerprint density at radius 1 is 0.796 bits per heavy atom. The summed E-state index contributed by atoms with van der Waals surface area (Å²) in [5, 5.41) is 21.4. The molecule has 0 fully saturated rings. The Morgan fingerprint density at radius 3 is 2.08 bits per heavy atom. The van der Waals surface area contributed by atoms with Crippen molar-refractivity contribution in [3.63, 3.8) is 0 Å². The number of rotatable bonds is 17. The zero-order chi connectivity index (χ0) is 36.3. The van der Waals surface area contributed by atoms with Crippen molar-refractivity contribution in [2.24, 2.45) is 11.8 Å². The number of para-hydroxylation sites is 1. The maximum absolute atomic E-state index is 13.8. The highest BCUT2D eigenvalue weighted by atomic mass is 16.5. The van der Waals surface area contributed by atoms with Crippen LogP contribution in [0.1, 0.15) is 64.1 Å². The molecule has 3 aromatic rings. The second-order valence-electron chi connectivity index (χ2n) is 12.8. The van der Waals surface area contributed by atoms with Crippen molar-refractivity contribution in [2.45, 2.75) is 65.5 Å². The smallest absolute Gasteiger partial charge is 0.323 e. The van der Waals surface area contributed by atoms with E-state index in [0.29, 0.717) is 46.3 Å². The highest BCUT2D eigenvalue weighted by Crippen LogP contribution is 2.33. The Labute approximate surface area is 287 Å². The molecular formula is C37H48N4O8. The van der Waals surface area contributed by atoms with Crippen LogP contribution in [0, 0.1) is 18.8 Å². The molecule has 0 spiro atoms. The lowest BCUT2D eigenvalue weighted by atomic mass is 9.85. The zero-order valence-electron chi connectivity index (χ0n) is 29.4. The maximum atomic E-state index is 13.8. The van der Waals surface area contributed by atoms with E-state index in [4.69, 9.17) is 14.2 Å². The summed E-state index contributed by atoms with van der Waals surface area (Å²) in [6.45, 7) is 9.25. The molecule has 0 heterocycles. The molecule has 0 aliphatic carbocycles. The summed E-state index contributed by atoms with van der Waals surface area (Å²) in [6, 6.07) is 16.1. The number of aliphatic carboxylic acids is 1. The average molecular weight is 677 g/mol. The lowest BCUT2D eigenvalue weighted by Crippen LogP contribution is -2.44. The van der Waals surface area contributed by atoms with Gasteiger partial charge in [0.25, 0.3) is 0 Å². The number of ether oxygens (including phenoxy) is 3. The Hall–Kier alpha value is -5.26. The molecule has 0 aromatic heterocycles. The number of carbonyl (C=O) groups is 4. The third-order valence-corrected chi connectivity index (χ3v) is 8.06. The molecule has 5 N–H and O–H groups in total. The minimum Gasteiger partial charge on any atom is -0.495 e. The molecule has 0 saturated heterocycles. The van der Waals surface area contributed by atoms with Crippen molar-refractivity contribution < 1.29 is 38.5 Å². The first kappa shape index (κ1) is 38.2. The number of benzene rings is 3. The number of amides is 3. The van der Waals surface area contributed by atoms with E-state index in [1.807, 2.05) is 45.0 Å². The van der Waals surface area contributed by atoms with Gasteiger partial charge in [0.1, 0.15) is 5.75 Å². The lowest BCUT2D eigenvalue weighted by Gasteiger charge is -2.30. The predicted molar refractivity (Wildman–Crippen MR) is 190 cm³/mol. The summed E-state index contributed by atoms with van der Waals surface area (Å²) >= 11 is 0. The minimum atomic E-state index is -1.12. The van der Waals surface area contributed by atoms with E-state index >= 15 is 0 Å². The van der Waals surface area contributed by atoms with Gasteiger partial charge in [-0.2, -0.15) is 0 Å². The fourth-order valence-electron chi connectivity index (χ4n) is 5.39. The monoisotopic (exact) mass is 676 g/mol. The standard InChI is InChI=1S/C37H48N4O8/c1-22(2)17-25(35(45)39-29(21-34(43)44)24-13-16-30(47-6)32(18-24)49-8)19-33(42)37(4,5)41-28-15-14-26(20-31(28)48-7)38-36(46)40-27-12-10-9-11-23(27)3/h9-16,18,20,22,25,29,41H,17,19,21H2,1-8H3,(H,39,45)(H,43,44)(H2,38,40,46)/t25?,29-/m0/s1. The molecule has 0 bridgehead atoms. The minimum absolute atomic E-state index is 0.0850. The fraction of sp³-hybridized carbons (Fsp3) is 0.405. The summed E-state index contributed by atoms with van der Waals surface area (Å²) in [5.41, 5.74) is 2.02. The fourth-order valence-corrected chi connectivity index (χ4v) is 5.39. The van der Waals surface area contributed by atoms with Gasteiger partial charge >= 0.3 is 12.0 Å². The largest absolute Gasteiger partial charge is 0.495 e. The number of carboxylic acid groups (broad SMARTS) is 1. The van der Waals surface area contributed by atoms with Crippen LogP contribution in [0.3, 0.4) is 0 Å². The number of carboxylic acids is 1. The number of nitrogens with one attached hydrogen (secondary N) is 4. The van der Waals surface area contributed by atoms with E-state index in [1.54, 1.807) is 50.2 Å². The van der Waals surface area contributed by atoms with Crippen LogP contribution in [-0.4, -0.2) is 55.7 Å². The molecule has 3 amide bonds. The van der Waals surface area contributed by atoms with Gasteiger partial charge < -0.3 is 40.6 Å². The Bertz CT molecular complexity index is 1640. The zero-order valence-corrected chi connectivity index (χ0v) is 29.4. The summed E-state index contributed by atoms with van der Waals surface area (Å²) < 4.78 is 16.2. The summed E-state index contributed by atoms with van der Waals surface area (Å²) in [4.78, 5) is 51.9. The Balaban J connectivity index is 1.75. The Morgan fingerprint density at radius 2 is 1.47 bits per heavy atom. The number of methoxy groups -OCH3 is 3. The number of anilines is 3. The second kappa shape index (κ2) is 17.2. The Kier molecular flexibility index (Phi) is 13.4. The average Bonchev–Trinajstić information content (AvgIpc) is 3.04. The van der Waals surface area contributed by atoms with Crippen LogP contribution in [0.25, 0.3) is 0 Å². The predicted octanol–water partition coefficient (Wildman–Crippen LogP) is 6.81. The van der Waals surface area contributed by atoms with Crippen molar-refractivity contribution in [1.29, 1.82) is 0 Å². The van der Waals surface area contributed by atoms with E-state index in [0.717, 1.165) is 5.56 Å². The first-order chi connectivity index (χ1) is 23.2. The number of hydrogen-bond donors (Lipinski definition) is 5. The van der Waals surface area contributed by atoms with Gasteiger partial charge in [0.2, 0.25) is 5.91 Å². The number of aryl methyl sites for hydroxylation is 1. The van der Waals surface area contributed by atoms with Crippen molar-refractivity contribution >= 4 is 40.8 Å². The van der Waals surface area contributed by atoms with E-state index < -0.39 is 35.4 Å². The van der Waals surface area contributed by atoms with E-state index in [9.17, 15) is 24.3 Å². The molecular weight excluding hydrogens is 628 g/mol. The van der Waals surface area contributed by atoms with E-state index in [-0.39, 0.29) is 24.5 Å². The third-order valence-electron chi connectivity index (χ3n) is 8.06. The molecule has 0 saturated carbocycles. The maximum Gasteiger partial charge on any atom is 0.323 e. The van der Waals surface area contributed by atoms with Crippen molar-refractivity contribution in [3.8, 4) is 17.2 Å². The molecule has 12 heteroatoms. The van der Waals surface area contributed by atoms with Crippen molar-refractivity contribution in [1.82, 2.24) is 5.32 Å². The van der Waals surface area contributed by atoms with Gasteiger partial charge in [0.05, 0.1) is 45.0 Å². The van der Waals surface area contributed by atoms with Gasteiger partial charge in [0.15, 0.2) is 17.3 Å². The topological polar surface area (TPSA) is 164 Å². The van der Waals surface area contributed by atoms with Crippen LogP contribution in [0.4, 0.5) is 21.9 Å². The third kappa shape index (κ3) is 10.9. The summed E-state index contributed by atoms with van der Waals surface area (Å²) in [5.74, 6) is -1.10. The highest BCUT2D eigenvalue weighted by molar-refractivity contribution is 6.00. The number of hydrogen-bond acceptors (Lipinski definition) is 8.